The molecule has 1 fully saturated rings. The topological polar surface area (TPSA) is 50.2 Å². The monoisotopic (exact) mass is 358 g/mol. The summed E-state index contributed by atoms with van der Waals surface area (Å²) in [5.41, 5.74) is 2.50. The van der Waals surface area contributed by atoms with Crippen LogP contribution in [0.1, 0.15) is 60.4 Å². The molecule has 5 nitrogen and oxygen atoms in total. The van der Waals surface area contributed by atoms with Gasteiger partial charge in [0.05, 0.1) is 11.7 Å². The molecule has 2 aromatic rings. The summed E-state index contributed by atoms with van der Waals surface area (Å²) in [6.45, 7) is 6.61. The lowest BCUT2D eigenvalue weighted by Gasteiger charge is -2.28. The number of aryl methyl sites for hydroxylation is 1. The molecule has 1 amide bonds. The number of nitrogens with one attached hydrogen (secondary N) is 1. The summed E-state index contributed by atoms with van der Waals surface area (Å²) in [5, 5.41) is 7.45. The number of halogens is 1. The van der Waals surface area contributed by atoms with Crippen molar-refractivity contribution >= 4 is 5.91 Å². The maximum atomic E-state index is 13.3. The molecule has 140 valence electrons. The fraction of sp³-hybridized carbons (Fsp3) is 0.500. The van der Waals surface area contributed by atoms with E-state index in [1.165, 1.54) is 12.1 Å². The summed E-state index contributed by atoms with van der Waals surface area (Å²) in [5.74, 6) is -0.0911. The summed E-state index contributed by atoms with van der Waals surface area (Å²) in [6, 6.07) is 8.49. The minimum atomic E-state index is -0.242. The van der Waals surface area contributed by atoms with Crippen LogP contribution in [0, 0.1) is 5.82 Å². The largest absolute Gasteiger partial charge is 0.349 e. The Morgan fingerprint density at radius 2 is 1.88 bits per heavy atom. The fourth-order valence-corrected chi connectivity index (χ4v) is 3.46. The van der Waals surface area contributed by atoms with E-state index in [9.17, 15) is 9.18 Å². The van der Waals surface area contributed by atoms with E-state index in [4.69, 9.17) is 0 Å². The van der Waals surface area contributed by atoms with Crippen LogP contribution >= 0.6 is 0 Å². The Morgan fingerprint density at radius 3 is 2.46 bits per heavy atom. The van der Waals surface area contributed by atoms with Gasteiger partial charge in [0, 0.05) is 13.6 Å². The third-order valence-corrected chi connectivity index (χ3v) is 5.02. The first-order chi connectivity index (χ1) is 12.5. The highest BCUT2D eigenvalue weighted by molar-refractivity contribution is 5.92. The van der Waals surface area contributed by atoms with Crippen molar-refractivity contribution in [1.29, 1.82) is 0 Å². The van der Waals surface area contributed by atoms with E-state index < -0.39 is 0 Å². The number of benzene rings is 1. The third-order valence-electron chi connectivity index (χ3n) is 5.02. The molecule has 1 aromatic carbocycles. The quantitative estimate of drug-likeness (QED) is 0.862. The fourth-order valence-electron chi connectivity index (χ4n) is 3.46. The van der Waals surface area contributed by atoms with Crippen molar-refractivity contribution in [2.75, 3.05) is 19.6 Å². The van der Waals surface area contributed by atoms with Crippen molar-refractivity contribution in [3.63, 3.8) is 0 Å². The number of carbonyl (C=O) groups excluding carboxylic acids is 1. The average Bonchev–Trinajstić information content (AvgIpc) is 3.26. The highest BCUT2D eigenvalue weighted by atomic mass is 19.1. The van der Waals surface area contributed by atoms with Crippen LogP contribution in [-0.2, 0) is 7.05 Å². The summed E-state index contributed by atoms with van der Waals surface area (Å²) in [7, 11) is 1.79. The zero-order valence-corrected chi connectivity index (χ0v) is 15.7. The van der Waals surface area contributed by atoms with E-state index in [0.29, 0.717) is 12.2 Å². The van der Waals surface area contributed by atoms with Crippen molar-refractivity contribution in [3.05, 3.63) is 53.1 Å². The second kappa shape index (κ2) is 7.99. The lowest BCUT2D eigenvalue weighted by Crippen LogP contribution is -2.37. The van der Waals surface area contributed by atoms with Gasteiger partial charge in [0.25, 0.3) is 5.91 Å². The van der Waals surface area contributed by atoms with Crippen LogP contribution in [0.15, 0.2) is 30.3 Å². The molecule has 1 atom stereocenters. The average molecular weight is 358 g/mol. The van der Waals surface area contributed by atoms with Crippen LogP contribution in [-0.4, -0.2) is 40.2 Å². The molecule has 0 unspecified atom stereocenters. The molecule has 0 spiro atoms. The van der Waals surface area contributed by atoms with E-state index in [2.05, 4.69) is 29.2 Å². The number of amides is 1. The summed E-state index contributed by atoms with van der Waals surface area (Å²) in [4.78, 5) is 15.0. The van der Waals surface area contributed by atoms with Gasteiger partial charge in [-0.05, 0) is 55.6 Å². The van der Waals surface area contributed by atoms with Gasteiger partial charge in [-0.15, -0.1) is 0 Å². The lowest BCUT2D eigenvalue weighted by atomic mass is 10.1. The predicted molar refractivity (Wildman–Crippen MR) is 99.6 cm³/mol. The van der Waals surface area contributed by atoms with Gasteiger partial charge < -0.3 is 5.32 Å². The Labute approximate surface area is 154 Å². The Balaban J connectivity index is 1.73. The van der Waals surface area contributed by atoms with Crippen molar-refractivity contribution < 1.29 is 9.18 Å². The van der Waals surface area contributed by atoms with E-state index in [0.717, 1.165) is 37.2 Å². The van der Waals surface area contributed by atoms with Crippen molar-refractivity contribution in [2.24, 2.45) is 7.05 Å². The normalized spacial score (nSPS) is 16.2. The Bertz CT molecular complexity index is 748. The second-order valence-electron chi connectivity index (χ2n) is 7.25. The molecule has 1 aliphatic rings. The van der Waals surface area contributed by atoms with Crippen molar-refractivity contribution in [1.82, 2.24) is 20.0 Å². The van der Waals surface area contributed by atoms with Crippen LogP contribution in [0.5, 0.6) is 0 Å². The molecular weight excluding hydrogens is 331 g/mol. The van der Waals surface area contributed by atoms with Gasteiger partial charge in [0.2, 0.25) is 0 Å². The van der Waals surface area contributed by atoms with E-state index in [-0.39, 0.29) is 23.7 Å². The molecule has 1 aliphatic heterocycles. The molecule has 3 rings (SSSR count). The molecular formula is C20H27FN4O. The van der Waals surface area contributed by atoms with Crippen LogP contribution in [0.25, 0.3) is 0 Å². The molecule has 6 heteroatoms. The molecule has 0 bridgehead atoms. The summed E-state index contributed by atoms with van der Waals surface area (Å²) < 4.78 is 14.9. The minimum Gasteiger partial charge on any atom is -0.349 e. The maximum absolute atomic E-state index is 13.3. The van der Waals surface area contributed by atoms with Gasteiger partial charge in [-0.25, -0.2) is 4.39 Å². The van der Waals surface area contributed by atoms with Gasteiger partial charge in [-0.3, -0.25) is 14.4 Å². The lowest BCUT2D eigenvalue weighted by molar-refractivity contribution is 0.0928. The Kier molecular flexibility index (Phi) is 5.71. The zero-order valence-electron chi connectivity index (χ0n) is 15.7. The number of likely N-dealkylation sites (tertiary alicyclic amines) is 1. The number of aromatic nitrogens is 2. The zero-order chi connectivity index (χ0) is 18.7. The van der Waals surface area contributed by atoms with Gasteiger partial charge in [-0.1, -0.05) is 26.0 Å². The standard InChI is InChI=1S/C20H27FN4O/c1-14(2)17-12-18(24(3)23-17)20(26)22-13-19(25-10-4-5-11-25)15-6-8-16(21)9-7-15/h6-9,12,14,19H,4-5,10-11,13H2,1-3H3,(H,22,26)/t19-/m0/s1. The number of carbonyl (C=O) groups is 1. The molecule has 0 aliphatic carbocycles. The van der Waals surface area contributed by atoms with Crippen LogP contribution in [0.3, 0.4) is 0 Å². The molecule has 0 saturated carbocycles. The number of hydrogen-bond acceptors (Lipinski definition) is 3. The van der Waals surface area contributed by atoms with E-state index in [1.54, 1.807) is 11.7 Å². The van der Waals surface area contributed by atoms with Crippen LogP contribution in [0.4, 0.5) is 4.39 Å². The minimum absolute atomic E-state index is 0.0554. The van der Waals surface area contributed by atoms with E-state index >= 15 is 0 Å². The SMILES string of the molecule is CC(C)c1cc(C(=O)NC[C@@H](c2ccc(F)cc2)N2CCCC2)n(C)n1. The number of nitrogens with zero attached hydrogens (tertiary/aromatic N) is 3. The Hall–Kier alpha value is -2.21. The highest BCUT2D eigenvalue weighted by Gasteiger charge is 2.25. The summed E-state index contributed by atoms with van der Waals surface area (Å²) in [6.07, 6.45) is 2.32. The van der Waals surface area contributed by atoms with Gasteiger partial charge >= 0.3 is 0 Å². The first kappa shape index (κ1) is 18.6. The number of hydrogen-bond donors (Lipinski definition) is 1. The van der Waals surface area contributed by atoms with Gasteiger partial charge in [-0.2, -0.15) is 5.10 Å². The molecule has 0 radical (unpaired) electrons. The smallest absolute Gasteiger partial charge is 0.269 e. The summed E-state index contributed by atoms with van der Waals surface area (Å²) >= 11 is 0. The molecule has 1 aromatic heterocycles. The second-order valence-corrected chi connectivity index (χ2v) is 7.25. The molecule has 26 heavy (non-hydrogen) atoms. The maximum Gasteiger partial charge on any atom is 0.269 e. The highest BCUT2D eigenvalue weighted by Crippen LogP contribution is 2.25. The molecule has 1 N–H and O–H groups in total. The van der Waals surface area contributed by atoms with Crippen LogP contribution in [0.2, 0.25) is 0 Å². The molecule has 2 heterocycles. The first-order valence-electron chi connectivity index (χ1n) is 9.27. The third kappa shape index (κ3) is 4.12. The number of rotatable bonds is 6. The van der Waals surface area contributed by atoms with E-state index in [1.807, 2.05) is 18.2 Å². The predicted octanol–water partition coefficient (Wildman–Crippen LogP) is 3.25. The van der Waals surface area contributed by atoms with Gasteiger partial charge in [0.1, 0.15) is 11.5 Å². The van der Waals surface area contributed by atoms with Crippen molar-refractivity contribution in [3.8, 4) is 0 Å². The molecule has 1 saturated heterocycles. The van der Waals surface area contributed by atoms with Crippen molar-refractivity contribution in [2.45, 2.75) is 38.6 Å². The first-order valence-corrected chi connectivity index (χ1v) is 9.27. The van der Waals surface area contributed by atoms with Crippen LogP contribution < -0.4 is 5.32 Å². The Morgan fingerprint density at radius 1 is 1.23 bits per heavy atom. The van der Waals surface area contributed by atoms with Gasteiger partial charge in [0.15, 0.2) is 0 Å².